The first-order valence-corrected chi connectivity index (χ1v) is 9.45. The van der Waals surface area contributed by atoms with Crippen molar-refractivity contribution in [3.05, 3.63) is 80.7 Å². The van der Waals surface area contributed by atoms with E-state index in [-0.39, 0.29) is 17.1 Å². The van der Waals surface area contributed by atoms with Gasteiger partial charge in [0.15, 0.2) is 5.43 Å². The third-order valence-electron chi connectivity index (χ3n) is 5.26. The van der Waals surface area contributed by atoms with E-state index in [4.69, 9.17) is 9.15 Å². The Morgan fingerprint density at radius 1 is 1.04 bits per heavy atom. The van der Waals surface area contributed by atoms with Crippen LogP contribution in [0.25, 0.3) is 11.0 Å². The second-order valence-electron chi connectivity index (χ2n) is 7.33. The summed E-state index contributed by atoms with van der Waals surface area (Å²) in [4.78, 5) is 28.2. The van der Waals surface area contributed by atoms with E-state index in [0.717, 1.165) is 16.7 Å². The maximum atomic E-state index is 13.3. The molecule has 0 radical (unpaired) electrons. The number of nitrogens with zero attached hydrogens (tertiary/aromatic N) is 1. The Labute approximate surface area is 163 Å². The van der Waals surface area contributed by atoms with Crippen LogP contribution in [0.2, 0.25) is 0 Å². The summed E-state index contributed by atoms with van der Waals surface area (Å²) < 4.78 is 11.1. The average molecular weight is 377 g/mol. The lowest BCUT2D eigenvalue weighted by Gasteiger charge is -2.25. The normalized spacial score (nSPS) is 16.0. The summed E-state index contributed by atoms with van der Waals surface area (Å²) in [5, 5.41) is 0.507. The molecule has 1 aromatic heterocycles. The third-order valence-corrected chi connectivity index (χ3v) is 5.26. The number of methoxy groups -OCH3 is 1. The molecule has 0 unspecified atom stereocenters. The molecule has 0 aliphatic carbocycles. The van der Waals surface area contributed by atoms with Crippen molar-refractivity contribution in [2.45, 2.75) is 26.3 Å². The van der Waals surface area contributed by atoms with Gasteiger partial charge >= 0.3 is 0 Å². The number of carbonyl (C=O) groups excluding carboxylic acids is 1. The number of fused-ring (bicyclic) bond motifs is 2. The molecule has 3 aromatic rings. The highest BCUT2D eigenvalue weighted by Crippen LogP contribution is 2.38. The number of amides is 1. The molecule has 0 N–H and O–H groups in total. The molecule has 1 amide bonds. The van der Waals surface area contributed by atoms with Crippen LogP contribution in [0.15, 0.2) is 51.7 Å². The molecule has 2 aromatic carbocycles. The number of hydrogen-bond donors (Lipinski definition) is 0. The Kier molecular flexibility index (Phi) is 4.77. The van der Waals surface area contributed by atoms with Crippen LogP contribution < -0.4 is 5.43 Å². The van der Waals surface area contributed by atoms with Crippen LogP contribution in [0.1, 0.15) is 45.3 Å². The summed E-state index contributed by atoms with van der Waals surface area (Å²) in [6, 6.07) is 13.0. The fourth-order valence-corrected chi connectivity index (χ4v) is 3.83. The number of benzene rings is 2. The largest absolute Gasteiger partial charge is 0.450 e. The van der Waals surface area contributed by atoms with Crippen molar-refractivity contribution in [2.24, 2.45) is 0 Å². The summed E-state index contributed by atoms with van der Waals surface area (Å²) in [5.41, 5.74) is 3.77. The van der Waals surface area contributed by atoms with Crippen LogP contribution in [-0.2, 0) is 4.74 Å². The molecule has 0 bridgehead atoms. The lowest BCUT2D eigenvalue weighted by molar-refractivity contribution is 0.0708. The van der Waals surface area contributed by atoms with Gasteiger partial charge in [0.25, 0.3) is 5.91 Å². The third kappa shape index (κ3) is 3.02. The van der Waals surface area contributed by atoms with Crippen LogP contribution in [0, 0.1) is 13.8 Å². The number of carbonyl (C=O) groups is 1. The van der Waals surface area contributed by atoms with Crippen LogP contribution in [0.3, 0.4) is 0 Å². The van der Waals surface area contributed by atoms with Crippen molar-refractivity contribution >= 4 is 16.9 Å². The van der Waals surface area contributed by atoms with Crippen molar-refractivity contribution in [3.63, 3.8) is 0 Å². The summed E-state index contributed by atoms with van der Waals surface area (Å²) >= 11 is 0. The van der Waals surface area contributed by atoms with E-state index in [1.54, 1.807) is 24.1 Å². The molecular weight excluding hydrogens is 354 g/mol. The molecule has 0 saturated carbocycles. The van der Waals surface area contributed by atoms with Crippen molar-refractivity contribution < 1.29 is 13.9 Å². The minimum atomic E-state index is -0.443. The maximum absolute atomic E-state index is 13.3. The van der Waals surface area contributed by atoms with Gasteiger partial charge in [0, 0.05) is 20.3 Å². The summed E-state index contributed by atoms with van der Waals surface area (Å²) in [6.45, 7) is 4.98. The molecule has 0 spiro atoms. The molecule has 1 aliphatic rings. The van der Waals surface area contributed by atoms with Gasteiger partial charge in [-0.25, -0.2) is 0 Å². The fraction of sp³-hybridized carbons (Fsp3) is 0.304. The smallest absolute Gasteiger partial charge is 0.290 e. The standard InChI is InChI=1S/C23H23NO4/c1-14-5-8-16(9-6-14)20-19-21(25)17-10-7-15(2)13-18(17)28-22(19)23(26)24(20)11-4-12-27-3/h5-10,13,20H,4,11-12H2,1-3H3/t20-/m0/s1. The fourth-order valence-electron chi connectivity index (χ4n) is 3.83. The Morgan fingerprint density at radius 2 is 1.75 bits per heavy atom. The van der Waals surface area contributed by atoms with Crippen LogP contribution in [0.5, 0.6) is 0 Å². The van der Waals surface area contributed by atoms with Gasteiger partial charge in [0.2, 0.25) is 5.76 Å². The van der Waals surface area contributed by atoms with Crippen molar-refractivity contribution in [2.75, 3.05) is 20.3 Å². The lowest BCUT2D eigenvalue weighted by atomic mass is 9.97. The molecule has 4 rings (SSSR count). The number of aryl methyl sites for hydroxylation is 2. The quantitative estimate of drug-likeness (QED) is 0.631. The van der Waals surface area contributed by atoms with Crippen LogP contribution in [0.4, 0.5) is 0 Å². The minimum absolute atomic E-state index is 0.135. The zero-order valence-corrected chi connectivity index (χ0v) is 16.3. The van der Waals surface area contributed by atoms with Crippen molar-refractivity contribution in [1.29, 1.82) is 0 Å². The van der Waals surface area contributed by atoms with Gasteiger partial charge in [0.05, 0.1) is 17.0 Å². The van der Waals surface area contributed by atoms with E-state index < -0.39 is 6.04 Å². The highest BCUT2D eigenvalue weighted by molar-refractivity contribution is 5.99. The van der Waals surface area contributed by atoms with E-state index in [1.807, 2.05) is 44.2 Å². The molecule has 5 nitrogen and oxygen atoms in total. The van der Waals surface area contributed by atoms with Crippen LogP contribution >= 0.6 is 0 Å². The summed E-state index contributed by atoms with van der Waals surface area (Å²) in [7, 11) is 1.64. The Balaban J connectivity index is 1.91. The Bertz CT molecular complexity index is 1100. The topological polar surface area (TPSA) is 59.8 Å². The van der Waals surface area contributed by atoms with E-state index in [2.05, 4.69) is 0 Å². The highest BCUT2D eigenvalue weighted by Gasteiger charge is 2.42. The molecule has 144 valence electrons. The Hall–Kier alpha value is -2.92. The van der Waals surface area contributed by atoms with Gasteiger partial charge in [-0.05, 0) is 43.5 Å². The van der Waals surface area contributed by atoms with Crippen molar-refractivity contribution in [3.8, 4) is 0 Å². The predicted octanol–water partition coefficient (Wildman–Crippen LogP) is 3.99. The van der Waals surface area contributed by atoms with Gasteiger partial charge < -0.3 is 14.1 Å². The van der Waals surface area contributed by atoms with Gasteiger partial charge in [-0.15, -0.1) is 0 Å². The molecule has 28 heavy (non-hydrogen) atoms. The number of hydrogen-bond acceptors (Lipinski definition) is 4. The summed E-state index contributed by atoms with van der Waals surface area (Å²) in [6.07, 6.45) is 0.686. The van der Waals surface area contributed by atoms with E-state index in [0.29, 0.717) is 36.1 Å². The van der Waals surface area contributed by atoms with Crippen LogP contribution in [-0.4, -0.2) is 31.1 Å². The number of ether oxygens (including phenoxy) is 1. The van der Waals surface area contributed by atoms with Gasteiger partial charge in [-0.1, -0.05) is 35.9 Å². The monoisotopic (exact) mass is 377 g/mol. The first-order valence-electron chi connectivity index (χ1n) is 9.45. The second-order valence-corrected chi connectivity index (χ2v) is 7.33. The van der Waals surface area contributed by atoms with Crippen molar-refractivity contribution in [1.82, 2.24) is 4.90 Å². The molecule has 0 fully saturated rings. The van der Waals surface area contributed by atoms with E-state index in [1.165, 1.54) is 0 Å². The second kappa shape index (κ2) is 7.24. The first kappa shape index (κ1) is 18.4. The predicted molar refractivity (Wildman–Crippen MR) is 108 cm³/mol. The maximum Gasteiger partial charge on any atom is 0.290 e. The molecule has 1 aliphatic heterocycles. The zero-order chi connectivity index (χ0) is 19.8. The molecule has 2 heterocycles. The highest BCUT2D eigenvalue weighted by atomic mass is 16.5. The minimum Gasteiger partial charge on any atom is -0.450 e. The van der Waals surface area contributed by atoms with E-state index in [9.17, 15) is 9.59 Å². The zero-order valence-electron chi connectivity index (χ0n) is 16.3. The first-order chi connectivity index (χ1) is 13.5. The average Bonchev–Trinajstić information content (AvgIpc) is 2.95. The molecule has 5 heteroatoms. The van der Waals surface area contributed by atoms with Gasteiger partial charge in [-0.2, -0.15) is 0 Å². The SMILES string of the molecule is COCCCN1C(=O)c2oc3cc(C)ccc3c(=O)c2[C@@H]1c1ccc(C)cc1. The van der Waals surface area contributed by atoms with E-state index >= 15 is 0 Å². The Morgan fingerprint density at radius 3 is 2.46 bits per heavy atom. The summed E-state index contributed by atoms with van der Waals surface area (Å²) in [5.74, 6) is -0.0803. The van der Waals surface area contributed by atoms with Gasteiger partial charge in [0.1, 0.15) is 5.58 Å². The van der Waals surface area contributed by atoms with Gasteiger partial charge in [-0.3, -0.25) is 9.59 Å². The molecule has 0 saturated heterocycles. The molecular formula is C23H23NO4. The lowest BCUT2D eigenvalue weighted by Crippen LogP contribution is -2.31. The number of rotatable bonds is 5. The molecule has 1 atom stereocenters.